The molecule has 0 fully saturated rings. The minimum absolute atomic E-state index is 0.110. The topological polar surface area (TPSA) is 104 Å². The van der Waals surface area contributed by atoms with Gasteiger partial charge in [0, 0.05) is 17.9 Å². The van der Waals surface area contributed by atoms with Gasteiger partial charge >= 0.3 is 0 Å². The van der Waals surface area contributed by atoms with Gasteiger partial charge in [-0.15, -0.1) is 11.3 Å². The minimum Gasteiger partial charge on any atom is -0.495 e. The van der Waals surface area contributed by atoms with Crippen LogP contribution >= 0.6 is 22.9 Å². The van der Waals surface area contributed by atoms with Gasteiger partial charge in [0.15, 0.2) is 0 Å². The highest BCUT2D eigenvalue weighted by Gasteiger charge is 2.24. The number of methoxy groups -OCH3 is 2. The van der Waals surface area contributed by atoms with Gasteiger partial charge in [0.25, 0.3) is 10.0 Å². The number of ether oxygens (including phenoxy) is 2. The van der Waals surface area contributed by atoms with E-state index < -0.39 is 10.0 Å². The van der Waals surface area contributed by atoms with Crippen LogP contribution in [0.4, 0.5) is 5.69 Å². The Bertz CT molecular complexity index is 1090. The molecule has 144 valence electrons. The fourth-order valence-corrected chi connectivity index (χ4v) is 5.20. The number of halogens is 1. The molecule has 0 bridgehead atoms. The van der Waals surface area contributed by atoms with Crippen LogP contribution in [0.15, 0.2) is 27.6 Å². The summed E-state index contributed by atoms with van der Waals surface area (Å²) in [7, 11) is -1.02. The van der Waals surface area contributed by atoms with Crippen molar-refractivity contribution in [3.63, 3.8) is 0 Å². The molecule has 0 spiro atoms. The van der Waals surface area contributed by atoms with Gasteiger partial charge in [-0.2, -0.15) is 4.98 Å². The van der Waals surface area contributed by atoms with Crippen LogP contribution < -0.4 is 14.2 Å². The first-order valence-electron chi connectivity index (χ1n) is 7.60. The summed E-state index contributed by atoms with van der Waals surface area (Å²) in [6.45, 7) is 3.36. The number of anilines is 1. The Balaban J connectivity index is 1.99. The second-order valence-electron chi connectivity index (χ2n) is 5.46. The maximum atomic E-state index is 12.9. The van der Waals surface area contributed by atoms with Crippen molar-refractivity contribution >= 4 is 38.6 Å². The lowest BCUT2D eigenvalue weighted by Gasteiger charge is -2.14. The fraction of sp³-hybridized carbons (Fsp3) is 0.250. The summed E-state index contributed by atoms with van der Waals surface area (Å²) in [6, 6.07) is 4.44. The second-order valence-corrected chi connectivity index (χ2v) is 8.77. The number of aryl methyl sites for hydroxylation is 2. The minimum atomic E-state index is -3.90. The Labute approximate surface area is 165 Å². The zero-order chi connectivity index (χ0) is 19.8. The second kappa shape index (κ2) is 7.37. The van der Waals surface area contributed by atoms with E-state index in [4.69, 9.17) is 25.6 Å². The number of nitrogens with one attached hydrogen (secondary N) is 1. The molecular weight excluding hydrogens is 414 g/mol. The molecule has 2 heterocycles. The van der Waals surface area contributed by atoms with Crippen molar-refractivity contribution in [1.29, 1.82) is 0 Å². The molecule has 0 saturated carbocycles. The van der Waals surface area contributed by atoms with Crippen molar-refractivity contribution in [2.75, 3.05) is 18.9 Å². The average Bonchev–Trinajstić information content (AvgIpc) is 3.21. The number of sulfonamides is 1. The van der Waals surface area contributed by atoms with Gasteiger partial charge in [0.1, 0.15) is 16.4 Å². The zero-order valence-corrected chi connectivity index (χ0v) is 17.3. The number of aromatic nitrogens is 2. The third-order valence-corrected chi connectivity index (χ3v) is 6.59. The highest BCUT2D eigenvalue weighted by molar-refractivity contribution is 7.93. The number of hydrogen-bond donors (Lipinski definition) is 1. The molecule has 8 nitrogen and oxygen atoms in total. The van der Waals surface area contributed by atoms with Gasteiger partial charge in [-0.25, -0.2) is 8.42 Å². The van der Waals surface area contributed by atoms with Crippen molar-refractivity contribution in [2.45, 2.75) is 18.7 Å². The van der Waals surface area contributed by atoms with Crippen LogP contribution in [0, 0.1) is 13.8 Å². The summed E-state index contributed by atoms with van der Waals surface area (Å²) < 4.78 is 43.6. The van der Waals surface area contributed by atoms with Crippen molar-refractivity contribution in [1.82, 2.24) is 10.1 Å². The summed E-state index contributed by atoms with van der Waals surface area (Å²) >= 11 is 7.37. The van der Waals surface area contributed by atoms with E-state index in [1.807, 2.05) is 0 Å². The molecule has 3 rings (SSSR count). The normalized spacial score (nSPS) is 11.4. The molecule has 1 aromatic carbocycles. The Morgan fingerprint density at radius 1 is 1.15 bits per heavy atom. The van der Waals surface area contributed by atoms with Crippen LogP contribution in [0.3, 0.4) is 0 Å². The molecule has 0 aliphatic rings. The van der Waals surface area contributed by atoms with Crippen LogP contribution in [0.5, 0.6) is 11.5 Å². The first-order valence-corrected chi connectivity index (χ1v) is 10.3. The standard InChI is InChI=1S/C16H16ClN3O5S2/c1-8-15(7-14(26-8)16-18-9(2)25-19-16)27(21,22)20-11-5-10(17)12(23-3)6-13(11)24-4/h5-7,20H,1-4H3. The zero-order valence-electron chi connectivity index (χ0n) is 14.9. The maximum absolute atomic E-state index is 12.9. The van der Waals surface area contributed by atoms with E-state index in [2.05, 4.69) is 14.9 Å². The van der Waals surface area contributed by atoms with E-state index in [9.17, 15) is 8.42 Å². The van der Waals surface area contributed by atoms with Gasteiger partial charge in [-0.3, -0.25) is 4.72 Å². The number of thiophene rings is 1. The molecule has 2 aromatic heterocycles. The molecule has 0 amide bonds. The first-order chi connectivity index (χ1) is 12.7. The maximum Gasteiger partial charge on any atom is 0.263 e. The highest BCUT2D eigenvalue weighted by atomic mass is 35.5. The smallest absolute Gasteiger partial charge is 0.263 e. The first kappa shape index (κ1) is 19.5. The van der Waals surface area contributed by atoms with Gasteiger partial charge < -0.3 is 14.0 Å². The van der Waals surface area contributed by atoms with Crippen LogP contribution in [-0.2, 0) is 10.0 Å². The van der Waals surface area contributed by atoms with E-state index in [1.165, 1.54) is 43.8 Å². The summed E-state index contributed by atoms with van der Waals surface area (Å²) in [5.41, 5.74) is 0.200. The predicted octanol–water partition coefficient (Wildman–Crippen LogP) is 3.89. The molecule has 0 aliphatic carbocycles. The molecule has 27 heavy (non-hydrogen) atoms. The summed E-state index contributed by atoms with van der Waals surface area (Å²) in [4.78, 5) is 5.41. The lowest BCUT2D eigenvalue weighted by molar-refractivity contribution is 0.394. The molecule has 11 heteroatoms. The molecule has 1 N–H and O–H groups in total. The number of hydrogen-bond acceptors (Lipinski definition) is 8. The van der Waals surface area contributed by atoms with Crippen molar-refractivity contribution in [2.24, 2.45) is 0 Å². The van der Waals surface area contributed by atoms with Crippen LogP contribution in [0.1, 0.15) is 10.8 Å². The molecule has 0 atom stereocenters. The fourth-order valence-electron chi connectivity index (χ4n) is 2.38. The predicted molar refractivity (Wildman–Crippen MR) is 102 cm³/mol. The summed E-state index contributed by atoms with van der Waals surface area (Å²) in [5, 5.41) is 4.07. The largest absolute Gasteiger partial charge is 0.495 e. The van der Waals surface area contributed by atoms with E-state index in [0.29, 0.717) is 27.2 Å². The summed E-state index contributed by atoms with van der Waals surface area (Å²) in [6.07, 6.45) is 0. The summed E-state index contributed by atoms with van der Waals surface area (Å²) in [5.74, 6) is 1.39. The van der Waals surface area contributed by atoms with Gasteiger partial charge in [0.2, 0.25) is 11.7 Å². The molecule has 0 saturated heterocycles. The Kier molecular flexibility index (Phi) is 5.31. The van der Waals surface area contributed by atoms with Crippen LogP contribution in [0.25, 0.3) is 10.7 Å². The van der Waals surface area contributed by atoms with Gasteiger partial charge in [0.05, 0.1) is 29.8 Å². The van der Waals surface area contributed by atoms with E-state index in [0.717, 1.165) is 0 Å². The van der Waals surface area contributed by atoms with Gasteiger partial charge in [-0.1, -0.05) is 16.8 Å². The van der Waals surface area contributed by atoms with Crippen molar-refractivity contribution in [3.05, 3.63) is 34.0 Å². The molecular formula is C16H16ClN3O5S2. The van der Waals surface area contributed by atoms with Crippen molar-refractivity contribution in [3.8, 4) is 22.2 Å². The molecule has 0 unspecified atom stereocenters. The Morgan fingerprint density at radius 2 is 1.85 bits per heavy atom. The van der Waals surface area contributed by atoms with E-state index in [1.54, 1.807) is 13.8 Å². The van der Waals surface area contributed by atoms with Crippen LogP contribution in [-0.4, -0.2) is 32.8 Å². The van der Waals surface area contributed by atoms with E-state index in [-0.39, 0.29) is 21.4 Å². The average molecular weight is 430 g/mol. The third kappa shape index (κ3) is 3.87. The number of rotatable bonds is 6. The van der Waals surface area contributed by atoms with Crippen molar-refractivity contribution < 1.29 is 22.4 Å². The van der Waals surface area contributed by atoms with E-state index >= 15 is 0 Å². The quantitative estimate of drug-likeness (QED) is 0.633. The molecule has 0 aliphatic heterocycles. The molecule has 3 aromatic rings. The third-order valence-electron chi connectivity index (χ3n) is 3.63. The SMILES string of the molecule is COc1cc(OC)c(NS(=O)(=O)c2cc(-c3noc(C)n3)sc2C)cc1Cl. The van der Waals surface area contributed by atoms with Gasteiger partial charge in [-0.05, 0) is 19.1 Å². The molecule has 0 radical (unpaired) electrons. The number of benzene rings is 1. The Morgan fingerprint density at radius 3 is 2.44 bits per heavy atom. The lowest BCUT2D eigenvalue weighted by Crippen LogP contribution is -2.14. The highest BCUT2D eigenvalue weighted by Crippen LogP contribution is 2.38. The Hall–Kier alpha value is -2.30. The lowest BCUT2D eigenvalue weighted by atomic mass is 10.3. The monoisotopic (exact) mass is 429 g/mol. The van der Waals surface area contributed by atoms with Crippen LogP contribution in [0.2, 0.25) is 5.02 Å². The number of nitrogens with zero attached hydrogens (tertiary/aromatic N) is 2.